The van der Waals surface area contributed by atoms with E-state index in [1.54, 1.807) is 0 Å². The third-order valence-corrected chi connectivity index (χ3v) is 6.83. The van der Waals surface area contributed by atoms with Crippen LogP contribution in [0.4, 0.5) is 5.95 Å². The van der Waals surface area contributed by atoms with Crippen LogP contribution in [0.3, 0.4) is 0 Å². The van der Waals surface area contributed by atoms with Crippen LogP contribution in [0.5, 0.6) is 0 Å². The summed E-state index contributed by atoms with van der Waals surface area (Å²) in [7, 11) is 0. The van der Waals surface area contributed by atoms with Crippen LogP contribution in [0.2, 0.25) is 0 Å². The Morgan fingerprint density at radius 2 is 1.60 bits per heavy atom. The number of carbonyl (C=O) groups excluding carboxylic acids is 1. The molecule has 0 fully saturated rings. The zero-order chi connectivity index (χ0) is 23.5. The number of hydrogen-bond acceptors (Lipinski definition) is 4. The quantitative estimate of drug-likeness (QED) is 0.289. The summed E-state index contributed by atoms with van der Waals surface area (Å²) >= 11 is 0. The van der Waals surface area contributed by atoms with E-state index in [4.69, 9.17) is 9.40 Å². The zero-order valence-corrected chi connectivity index (χ0v) is 19.0. The molecule has 0 amide bonds. The number of nitrogens with zero attached hydrogens (tertiary/aromatic N) is 2. The number of furan rings is 1. The number of ketones is 1. The maximum Gasteiger partial charge on any atom is 0.209 e. The molecule has 0 bridgehead atoms. The number of nitrogens with one attached hydrogen (secondary N) is 1. The minimum atomic E-state index is -0.343. The van der Waals surface area contributed by atoms with E-state index in [0.29, 0.717) is 11.1 Å². The number of aromatic nitrogens is 2. The molecule has 0 saturated carbocycles. The fourth-order valence-electron chi connectivity index (χ4n) is 5.23. The van der Waals surface area contributed by atoms with Crippen molar-refractivity contribution in [1.82, 2.24) is 9.55 Å². The van der Waals surface area contributed by atoms with E-state index < -0.39 is 0 Å². The standard InChI is InChI=1S/C30H21N3O2/c1-18-27(29(34)19-9-3-2-4-10-19)28(33-24-13-7-6-12-23(24)32-30(33)31-18)20-15-16-26-22(17-20)21-11-5-8-14-25(21)35-26/h2-17,28H,1H3,(H,31,32). The van der Waals surface area contributed by atoms with Crippen LogP contribution in [-0.2, 0) is 0 Å². The van der Waals surface area contributed by atoms with E-state index in [9.17, 15) is 4.79 Å². The maximum atomic E-state index is 13.9. The van der Waals surface area contributed by atoms with Crippen molar-refractivity contribution in [3.05, 3.63) is 119 Å². The second kappa shape index (κ2) is 7.43. The monoisotopic (exact) mass is 455 g/mol. The van der Waals surface area contributed by atoms with Crippen LogP contribution >= 0.6 is 0 Å². The Balaban J connectivity index is 1.51. The van der Waals surface area contributed by atoms with Crippen molar-refractivity contribution in [2.45, 2.75) is 13.0 Å². The number of Topliss-reactive ketones (excluding diaryl/α,β-unsaturated/α-hetero) is 1. The summed E-state index contributed by atoms with van der Waals surface area (Å²) < 4.78 is 8.21. The van der Waals surface area contributed by atoms with E-state index >= 15 is 0 Å². The molecule has 2 aromatic heterocycles. The van der Waals surface area contributed by atoms with Gasteiger partial charge in [-0.1, -0.05) is 66.7 Å². The molecule has 4 aromatic carbocycles. The van der Waals surface area contributed by atoms with Crippen molar-refractivity contribution in [3.63, 3.8) is 0 Å². The highest BCUT2D eigenvalue weighted by molar-refractivity contribution is 6.11. The molecule has 6 aromatic rings. The summed E-state index contributed by atoms with van der Waals surface area (Å²) in [6, 6.07) is 31.4. The van der Waals surface area contributed by atoms with Gasteiger partial charge in [-0.25, -0.2) is 4.98 Å². The number of para-hydroxylation sites is 3. The van der Waals surface area contributed by atoms with E-state index in [2.05, 4.69) is 34.1 Å². The van der Waals surface area contributed by atoms with Gasteiger partial charge in [-0.2, -0.15) is 0 Å². The van der Waals surface area contributed by atoms with Gasteiger partial charge in [-0.05, 0) is 42.8 Å². The number of benzene rings is 4. The number of anilines is 1. The lowest BCUT2D eigenvalue weighted by molar-refractivity contribution is 0.102. The highest BCUT2D eigenvalue weighted by Gasteiger charge is 2.34. The van der Waals surface area contributed by atoms with Gasteiger partial charge < -0.3 is 9.73 Å². The third kappa shape index (κ3) is 2.95. The van der Waals surface area contributed by atoms with Gasteiger partial charge in [-0.15, -0.1) is 0 Å². The molecular weight excluding hydrogens is 434 g/mol. The first-order valence-electron chi connectivity index (χ1n) is 11.6. The van der Waals surface area contributed by atoms with Gasteiger partial charge in [0.2, 0.25) is 5.95 Å². The van der Waals surface area contributed by atoms with Gasteiger partial charge in [-0.3, -0.25) is 9.36 Å². The number of hydrogen-bond donors (Lipinski definition) is 1. The molecule has 7 rings (SSSR count). The Kier molecular flexibility index (Phi) is 4.20. The lowest BCUT2D eigenvalue weighted by Crippen LogP contribution is -2.28. The molecule has 0 radical (unpaired) electrons. The first-order valence-corrected chi connectivity index (χ1v) is 11.6. The molecule has 0 aliphatic carbocycles. The van der Waals surface area contributed by atoms with Crippen LogP contribution in [0, 0.1) is 0 Å². The van der Waals surface area contributed by atoms with Crippen LogP contribution in [0.15, 0.2) is 113 Å². The minimum absolute atomic E-state index is 0.00109. The first-order chi connectivity index (χ1) is 17.2. The number of carbonyl (C=O) groups is 1. The van der Waals surface area contributed by atoms with Crippen LogP contribution in [-0.4, -0.2) is 15.3 Å². The van der Waals surface area contributed by atoms with Crippen molar-refractivity contribution < 1.29 is 9.21 Å². The molecule has 3 heterocycles. The Morgan fingerprint density at radius 1 is 0.857 bits per heavy atom. The van der Waals surface area contributed by atoms with Gasteiger partial charge in [0, 0.05) is 27.6 Å². The molecule has 1 N–H and O–H groups in total. The Morgan fingerprint density at radius 3 is 2.49 bits per heavy atom. The second-order valence-corrected chi connectivity index (χ2v) is 8.91. The average molecular weight is 456 g/mol. The normalized spacial score (nSPS) is 15.5. The summed E-state index contributed by atoms with van der Waals surface area (Å²) in [5.41, 5.74) is 6.73. The topological polar surface area (TPSA) is 60.1 Å². The summed E-state index contributed by atoms with van der Waals surface area (Å²) in [4.78, 5) is 18.8. The van der Waals surface area contributed by atoms with E-state index in [1.165, 1.54) is 0 Å². The molecular formula is C30H21N3O2. The smallest absolute Gasteiger partial charge is 0.209 e. The molecule has 1 unspecified atom stereocenters. The highest BCUT2D eigenvalue weighted by Crippen LogP contribution is 2.42. The zero-order valence-electron chi connectivity index (χ0n) is 19.0. The summed E-state index contributed by atoms with van der Waals surface area (Å²) in [6.45, 7) is 1.96. The minimum Gasteiger partial charge on any atom is -0.456 e. The lowest BCUT2D eigenvalue weighted by atomic mass is 9.88. The fourth-order valence-corrected chi connectivity index (χ4v) is 5.23. The molecule has 0 spiro atoms. The largest absolute Gasteiger partial charge is 0.456 e. The lowest BCUT2D eigenvalue weighted by Gasteiger charge is -2.31. The molecule has 35 heavy (non-hydrogen) atoms. The average Bonchev–Trinajstić information content (AvgIpc) is 3.45. The molecule has 1 aliphatic rings. The molecule has 0 saturated heterocycles. The summed E-state index contributed by atoms with van der Waals surface area (Å²) in [6.07, 6.45) is 0. The van der Waals surface area contributed by atoms with Crippen molar-refractivity contribution >= 4 is 44.7 Å². The van der Waals surface area contributed by atoms with Crippen molar-refractivity contribution in [1.29, 1.82) is 0 Å². The Hall–Kier alpha value is -4.64. The Labute approximate surface area is 201 Å². The summed E-state index contributed by atoms with van der Waals surface area (Å²) in [5, 5.41) is 5.50. The van der Waals surface area contributed by atoms with Crippen LogP contribution < -0.4 is 5.32 Å². The molecule has 5 nitrogen and oxygen atoms in total. The van der Waals surface area contributed by atoms with Crippen molar-refractivity contribution in [2.75, 3.05) is 5.32 Å². The van der Waals surface area contributed by atoms with Crippen molar-refractivity contribution in [2.24, 2.45) is 0 Å². The van der Waals surface area contributed by atoms with Gasteiger partial charge in [0.1, 0.15) is 11.2 Å². The van der Waals surface area contributed by atoms with E-state index in [-0.39, 0.29) is 11.8 Å². The second-order valence-electron chi connectivity index (χ2n) is 8.91. The predicted molar refractivity (Wildman–Crippen MR) is 139 cm³/mol. The first kappa shape index (κ1) is 19.8. The maximum absolute atomic E-state index is 13.9. The SMILES string of the molecule is CC1=C(C(=O)c2ccccc2)C(c2ccc3oc4ccccc4c3c2)n2c(nc3ccccc32)N1. The summed E-state index contributed by atoms with van der Waals surface area (Å²) in [5.74, 6) is 0.733. The van der Waals surface area contributed by atoms with Crippen LogP contribution in [0.25, 0.3) is 33.0 Å². The van der Waals surface area contributed by atoms with Crippen LogP contribution in [0.1, 0.15) is 28.9 Å². The number of imidazole rings is 1. The Bertz CT molecular complexity index is 1810. The van der Waals surface area contributed by atoms with Crippen molar-refractivity contribution in [3.8, 4) is 0 Å². The van der Waals surface area contributed by atoms with E-state index in [1.807, 2.05) is 79.7 Å². The molecule has 5 heteroatoms. The van der Waals surface area contributed by atoms with E-state index in [0.717, 1.165) is 50.2 Å². The number of fused-ring (bicyclic) bond motifs is 6. The van der Waals surface area contributed by atoms with Gasteiger partial charge >= 0.3 is 0 Å². The predicted octanol–water partition coefficient (Wildman–Crippen LogP) is 7.11. The number of allylic oxidation sites excluding steroid dienone is 2. The molecule has 1 aliphatic heterocycles. The van der Waals surface area contributed by atoms with Gasteiger partial charge in [0.25, 0.3) is 0 Å². The molecule has 1 atom stereocenters. The molecule has 168 valence electrons. The third-order valence-electron chi connectivity index (χ3n) is 6.83. The number of rotatable bonds is 3. The highest BCUT2D eigenvalue weighted by atomic mass is 16.3. The fraction of sp³-hybridized carbons (Fsp3) is 0.0667. The van der Waals surface area contributed by atoms with Gasteiger partial charge in [0.15, 0.2) is 5.78 Å². The van der Waals surface area contributed by atoms with Gasteiger partial charge in [0.05, 0.1) is 17.1 Å².